The maximum Gasteiger partial charge on any atom is 0.212 e. The lowest BCUT2D eigenvalue weighted by atomic mass is 10.3. The highest BCUT2D eigenvalue weighted by Crippen LogP contribution is 2.01. The van der Waals surface area contributed by atoms with Crippen LogP contribution in [0.1, 0.15) is 0 Å². The van der Waals surface area contributed by atoms with Gasteiger partial charge in [0.05, 0.1) is 26.9 Å². The van der Waals surface area contributed by atoms with Gasteiger partial charge in [0.15, 0.2) is 6.10 Å². The number of methoxy groups -OCH3 is 1. The minimum Gasteiger partial charge on any atom is -0.483 e. The Balaban J connectivity index is 2.31. The Morgan fingerprint density at radius 3 is 2.90 bits per heavy atom. The molecule has 10 heavy (non-hydrogen) atoms. The zero-order valence-electron chi connectivity index (χ0n) is 5.92. The molecule has 1 N–H and O–H groups in total. The lowest BCUT2D eigenvalue weighted by Crippen LogP contribution is -2.35. The molecule has 1 fully saturated rings. The average molecular weight is 145 g/mol. The SMILES string of the molecule is COC(=N)C1COCCO1. The third-order valence-electron chi connectivity index (χ3n) is 1.33. The molecule has 0 aliphatic carbocycles. The van der Waals surface area contributed by atoms with E-state index in [1.165, 1.54) is 7.11 Å². The molecule has 0 bridgehead atoms. The van der Waals surface area contributed by atoms with Crippen molar-refractivity contribution in [2.75, 3.05) is 26.9 Å². The Morgan fingerprint density at radius 2 is 2.40 bits per heavy atom. The van der Waals surface area contributed by atoms with Gasteiger partial charge >= 0.3 is 0 Å². The normalized spacial score (nSPS) is 25.9. The van der Waals surface area contributed by atoms with E-state index in [1.807, 2.05) is 0 Å². The van der Waals surface area contributed by atoms with Crippen molar-refractivity contribution in [3.8, 4) is 0 Å². The summed E-state index contributed by atoms with van der Waals surface area (Å²) in [6.45, 7) is 1.61. The van der Waals surface area contributed by atoms with Crippen LogP contribution >= 0.6 is 0 Å². The summed E-state index contributed by atoms with van der Waals surface area (Å²) in [6, 6.07) is 0. The topological polar surface area (TPSA) is 51.5 Å². The van der Waals surface area contributed by atoms with Crippen LogP contribution in [0.4, 0.5) is 0 Å². The monoisotopic (exact) mass is 145 g/mol. The second-order valence-electron chi connectivity index (χ2n) is 2.00. The van der Waals surface area contributed by atoms with Gasteiger partial charge in [0.25, 0.3) is 0 Å². The van der Waals surface area contributed by atoms with E-state index in [-0.39, 0.29) is 12.0 Å². The summed E-state index contributed by atoms with van der Waals surface area (Å²) >= 11 is 0. The molecule has 1 aliphatic heterocycles. The molecule has 4 nitrogen and oxygen atoms in total. The van der Waals surface area contributed by atoms with Gasteiger partial charge in [-0.25, -0.2) is 0 Å². The maximum absolute atomic E-state index is 7.20. The van der Waals surface area contributed by atoms with Gasteiger partial charge in [-0.05, 0) is 0 Å². The Labute approximate surface area is 59.6 Å². The predicted molar refractivity (Wildman–Crippen MR) is 35.3 cm³/mol. The number of rotatable bonds is 1. The standard InChI is InChI=1S/C6H11NO3/c1-8-6(7)5-4-9-2-3-10-5/h5,7H,2-4H2,1H3. The molecule has 0 aromatic heterocycles. The van der Waals surface area contributed by atoms with E-state index in [0.29, 0.717) is 19.8 Å². The number of hydrogen-bond donors (Lipinski definition) is 1. The van der Waals surface area contributed by atoms with Crippen molar-refractivity contribution in [2.24, 2.45) is 0 Å². The molecule has 1 heterocycles. The second-order valence-corrected chi connectivity index (χ2v) is 2.00. The summed E-state index contributed by atoms with van der Waals surface area (Å²) in [5.41, 5.74) is 0. The Hall–Kier alpha value is -0.610. The minimum atomic E-state index is -0.293. The molecule has 0 saturated carbocycles. The van der Waals surface area contributed by atoms with Gasteiger partial charge in [0.1, 0.15) is 0 Å². The van der Waals surface area contributed by atoms with Gasteiger partial charge in [-0.1, -0.05) is 0 Å². The zero-order chi connectivity index (χ0) is 7.40. The first-order valence-corrected chi connectivity index (χ1v) is 3.16. The molecule has 1 aliphatic rings. The maximum atomic E-state index is 7.20. The van der Waals surface area contributed by atoms with Crippen LogP contribution in [0.5, 0.6) is 0 Å². The van der Waals surface area contributed by atoms with E-state index >= 15 is 0 Å². The molecule has 0 aromatic carbocycles. The fourth-order valence-electron chi connectivity index (χ4n) is 0.771. The fourth-order valence-corrected chi connectivity index (χ4v) is 0.771. The zero-order valence-corrected chi connectivity index (χ0v) is 5.92. The summed E-state index contributed by atoms with van der Waals surface area (Å²) in [5, 5.41) is 7.20. The van der Waals surface area contributed by atoms with E-state index in [4.69, 9.17) is 14.9 Å². The van der Waals surface area contributed by atoms with Crippen molar-refractivity contribution in [1.29, 1.82) is 5.41 Å². The molecule has 1 atom stereocenters. The molecule has 1 unspecified atom stereocenters. The van der Waals surface area contributed by atoms with Crippen LogP contribution in [0.15, 0.2) is 0 Å². The fraction of sp³-hybridized carbons (Fsp3) is 0.833. The first kappa shape index (κ1) is 7.50. The highest BCUT2D eigenvalue weighted by molar-refractivity contribution is 5.77. The van der Waals surface area contributed by atoms with Crippen molar-refractivity contribution in [2.45, 2.75) is 6.10 Å². The van der Waals surface area contributed by atoms with E-state index in [9.17, 15) is 0 Å². The highest BCUT2D eigenvalue weighted by atomic mass is 16.6. The molecule has 58 valence electrons. The van der Waals surface area contributed by atoms with Crippen molar-refractivity contribution in [1.82, 2.24) is 0 Å². The summed E-state index contributed by atoms with van der Waals surface area (Å²) in [6.07, 6.45) is -0.293. The van der Waals surface area contributed by atoms with Gasteiger partial charge in [-0.2, -0.15) is 0 Å². The van der Waals surface area contributed by atoms with Crippen LogP contribution in [-0.4, -0.2) is 38.9 Å². The van der Waals surface area contributed by atoms with Crippen LogP contribution in [0.3, 0.4) is 0 Å². The molecular formula is C6H11NO3. The van der Waals surface area contributed by atoms with Gasteiger partial charge < -0.3 is 14.2 Å². The predicted octanol–water partition coefficient (Wildman–Crippen LogP) is 0.0255. The largest absolute Gasteiger partial charge is 0.483 e. The summed E-state index contributed by atoms with van der Waals surface area (Å²) in [7, 11) is 1.46. The molecule has 0 spiro atoms. The first-order chi connectivity index (χ1) is 4.84. The third-order valence-corrected chi connectivity index (χ3v) is 1.33. The Kier molecular flexibility index (Phi) is 2.65. The van der Waals surface area contributed by atoms with E-state index in [1.54, 1.807) is 0 Å². The molecular weight excluding hydrogens is 134 g/mol. The van der Waals surface area contributed by atoms with Crippen LogP contribution in [0, 0.1) is 5.41 Å². The summed E-state index contributed by atoms with van der Waals surface area (Å²) < 4.78 is 14.9. The minimum absolute atomic E-state index is 0.139. The average Bonchev–Trinajstić information content (AvgIpc) is 2.05. The van der Waals surface area contributed by atoms with E-state index in [0.717, 1.165) is 0 Å². The Bertz CT molecular complexity index is 120. The van der Waals surface area contributed by atoms with Crippen molar-refractivity contribution >= 4 is 5.90 Å². The molecule has 0 amide bonds. The Morgan fingerprint density at radius 1 is 1.60 bits per heavy atom. The van der Waals surface area contributed by atoms with Crippen molar-refractivity contribution in [3.05, 3.63) is 0 Å². The first-order valence-electron chi connectivity index (χ1n) is 3.16. The van der Waals surface area contributed by atoms with Gasteiger partial charge in [-0.15, -0.1) is 0 Å². The van der Waals surface area contributed by atoms with Gasteiger partial charge in [0.2, 0.25) is 5.90 Å². The smallest absolute Gasteiger partial charge is 0.212 e. The van der Waals surface area contributed by atoms with Crippen LogP contribution in [0.25, 0.3) is 0 Å². The molecule has 1 saturated heterocycles. The second kappa shape index (κ2) is 3.53. The molecule has 0 radical (unpaired) electrons. The van der Waals surface area contributed by atoms with Crippen LogP contribution in [-0.2, 0) is 14.2 Å². The molecule has 4 heteroatoms. The van der Waals surface area contributed by atoms with Crippen molar-refractivity contribution in [3.63, 3.8) is 0 Å². The third kappa shape index (κ3) is 1.68. The van der Waals surface area contributed by atoms with E-state index in [2.05, 4.69) is 4.74 Å². The van der Waals surface area contributed by atoms with Crippen LogP contribution in [0.2, 0.25) is 0 Å². The number of hydrogen-bond acceptors (Lipinski definition) is 4. The van der Waals surface area contributed by atoms with Gasteiger partial charge in [-0.3, -0.25) is 5.41 Å². The lowest BCUT2D eigenvalue weighted by molar-refractivity contribution is -0.0663. The van der Waals surface area contributed by atoms with Crippen LogP contribution < -0.4 is 0 Å². The van der Waals surface area contributed by atoms with Crippen molar-refractivity contribution < 1.29 is 14.2 Å². The van der Waals surface area contributed by atoms with Gasteiger partial charge in [0, 0.05) is 0 Å². The van der Waals surface area contributed by atoms with E-state index < -0.39 is 0 Å². The summed E-state index contributed by atoms with van der Waals surface area (Å²) in [5.74, 6) is 0.139. The highest BCUT2D eigenvalue weighted by Gasteiger charge is 2.19. The molecule has 0 aromatic rings. The lowest BCUT2D eigenvalue weighted by Gasteiger charge is -2.21. The molecule has 1 rings (SSSR count). The number of nitrogens with one attached hydrogen (secondary N) is 1. The summed E-state index contributed by atoms with van der Waals surface area (Å²) in [4.78, 5) is 0. The quantitative estimate of drug-likeness (QED) is 0.418. The number of ether oxygens (including phenoxy) is 3.